The van der Waals surface area contributed by atoms with Gasteiger partial charge in [0, 0.05) is 25.8 Å². The Morgan fingerprint density at radius 3 is 1.38 bits per heavy atom. The van der Waals surface area contributed by atoms with Crippen molar-refractivity contribution in [1.29, 1.82) is 0 Å². The molecule has 0 aromatic rings. The Kier molecular flexibility index (Phi) is 42.9. The number of carbonyl (C=O) groups is 1. The monoisotopic (exact) mass is 735 g/mol. The Balaban J connectivity index is 4.07. The molecule has 0 rings (SSSR count). The summed E-state index contributed by atoms with van der Waals surface area (Å²) >= 11 is 0. The van der Waals surface area contributed by atoms with E-state index in [-0.39, 0.29) is 18.2 Å². The van der Waals surface area contributed by atoms with Gasteiger partial charge in [-0.25, -0.2) is 4.79 Å². The normalized spacial score (nSPS) is 13.0. The van der Waals surface area contributed by atoms with Crippen molar-refractivity contribution < 1.29 is 19.0 Å². The fourth-order valence-electron chi connectivity index (χ4n) is 6.47. The summed E-state index contributed by atoms with van der Waals surface area (Å²) in [6, 6.07) is 0.189. The molecule has 0 aliphatic carbocycles. The van der Waals surface area contributed by atoms with Gasteiger partial charge in [0.1, 0.15) is 6.61 Å². The summed E-state index contributed by atoms with van der Waals surface area (Å²) in [5, 5.41) is 6.26. The van der Waals surface area contributed by atoms with E-state index in [9.17, 15) is 4.79 Å². The third-order valence-corrected chi connectivity index (χ3v) is 9.99. The number of ether oxygens (including phenoxy) is 3. The maximum absolute atomic E-state index is 12.4. The Morgan fingerprint density at radius 1 is 0.519 bits per heavy atom. The van der Waals surface area contributed by atoms with Crippen LogP contribution in [-0.4, -0.2) is 57.8 Å². The van der Waals surface area contributed by atoms with E-state index in [4.69, 9.17) is 14.2 Å². The highest BCUT2D eigenvalue weighted by Crippen LogP contribution is 2.12. The summed E-state index contributed by atoms with van der Waals surface area (Å²) in [6.07, 6.45) is 46.4. The van der Waals surface area contributed by atoms with Crippen LogP contribution in [0.25, 0.3) is 0 Å². The molecule has 0 bridgehead atoms. The number of hydrogen-bond donors (Lipinski definition) is 2. The molecule has 0 aliphatic heterocycles. The van der Waals surface area contributed by atoms with Crippen LogP contribution < -0.4 is 10.6 Å². The van der Waals surface area contributed by atoms with Crippen LogP contribution >= 0.6 is 0 Å². The first kappa shape index (κ1) is 50.6. The lowest BCUT2D eigenvalue weighted by molar-refractivity contribution is -0.0176. The number of nitrogens with one attached hydrogen (secondary N) is 2. The number of allylic oxidation sites excluding steroid dienone is 4. The van der Waals surface area contributed by atoms with Gasteiger partial charge in [0.2, 0.25) is 0 Å². The molecule has 0 aliphatic rings. The van der Waals surface area contributed by atoms with Crippen molar-refractivity contribution >= 4 is 6.09 Å². The van der Waals surface area contributed by atoms with Gasteiger partial charge in [-0.1, -0.05) is 168 Å². The second-order valence-electron chi connectivity index (χ2n) is 15.1. The van der Waals surface area contributed by atoms with Crippen LogP contribution in [0.2, 0.25) is 0 Å². The zero-order valence-electron chi connectivity index (χ0n) is 35.3. The van der Waals surface area contributed by atoms with Crippen LogP contribution in [0.1, 0.15) is 214 Å². The number of rotatable bonds is 42. The number of hydrogen-bond acceptors (Lipinski definition) is 5. The Labute approximate surface area is 324 Å². The first-order valence-electron chi connectivity index (χ1n) is 22.8. The van der Waals surface area contributed by atoms with E-state index in [0.29, 0.717) is 26.4 Å². The van der Waals surface area contributed by atoms with Gasteiger partial charge >= 0.3 is 6.09 Å². The number of amides is 1. The summed E-state index contributed by atoms with van der Waals surface area (Å²) in [5.74, 6) is 0. The summed E-state index contributed by atoms with van der Waals surface area (Å²) in [7, 11) is 0. The molecule has 6 nitrogen and oxygen atoms in total. The van der Waals surface area contributed by atoms with Gasteiger partial charge in [0.15, 0.2) is 0 Å². The van der Waals surface area contributed by atoms with Crippen molar-refractivity contribution in [2.45, 2.75) is 226 Å². The summed E-state index contributed by atoms with van der Waals surface area (Å²) in [4.78, 5) is 12.4. The van der Waals surface area contributed by atoms with Crippen LogP contribution in [0.15, 0.2) is 24.3 Å². The van der Waals surface area contributed by atoms with E-state index >= 15 is 0 Å². The molecule has 6 heteroatoms. The molecule has 0 aromatic heterocycles. The van der Waals surface area contributed by atoms with Gasteiger partial charge in [-0.15, -0.1) is 0 Å². The molecule has 0 heterocycles. The summed E-state index contributed by atoms with van der Waals surface area (Å²) in [6.45, 7) is 12.4. The van der Waals surface area contributed by atoms with Crippen LogP contribution in [0, 0.1) is 0 Å². The summed E-state index contributed by atoms with van der Waals surface area (Å²) < 4.78 is 17.7. The molecule has 0 saturated carbocycles. The van der Waals surface area contributed by atoms with Gasteiger partial charge in [0.05, 0.1) is 12.7 Å². The molecule has 0 aromatic carbocycles. The molecule has 2 N–H and O–H groups in total. The topological polar surface area (TPSA) is 68.8 Å². The lowest BCUT2D eigenvalue weighted by Gasteiger charge is -2.20. The molecule has 0 radical (unpaired) electrons. The van der Waals surface area contributed by atoms with E-state index in [2.05, 4.69) is 62.6 Å². The minimum atomic E-state index is -0.379. The van der Waals surface area contributed by atoms with Crippen LogP contribution in [0.3, 0.4) is 0 Å². The van der Waals surface area contributed by atoms with Gasteiger partial charge in [-0.3, -0.25) is 0 Å². The maximum atomic E-state index is 12.4. The minimum Gasteiger partial charge on any atom is -0.448 e. The Morgan fingerprint density at radius 2 is 0.942 bits per heavy atom. The van der Waals surface area contributed by atoms with E-state index in [1.807, 2.05) is 0 Å². The molecule has 0 saturated heterocycles. The molecule has 0 spiro atoms. The fraction of sp³-hybridized carbons (Fsp3) is 0.891. The zero-order chi connectivity index (χ0) is 37.8. The zero-order valence-corrected chi connectivity index (χ0v) is 35.3. The van der Waals surface area contributed by atoms with Gasteiger partial charge in [-0.05, 0) is 77.2 Å². The predicted molar refractivity (Wildman–Crippen MR) is 227 cm³/mol. The van der Waals surface area contributed by atoms with E-state index < -0.39 is 0 Å². The first-order valence-corrected chi connectivity index (χ1v) is 22.8. The van der Waals surface area contributed by atoms with E-state index in [1.165, 1.54) is 167 Å². The third-order valence-electron chi connectivity index (χ3n) is 9.99. The van der Waals surface area contributed by atoms with Crippen molar-refractivity contribution in [3.05, 3.63) is 24.3 Å². The smallest absolute Gasteiger partial charge is 0.407 e. The lowest BCUT2D eigenvalue weighted by atomic mass is 10.1. The van der Waals surface area contributed by atoms with Crippen LogP contribution in [0.4, 0.5) is 4.79 Å². The van der Waals surface area contributed by atoms with Crippen molar-refractivity contribution in [2.75, 3.05) is 39.5 Å². The molecule has 2 atom stereocenters. The number of unbranched alkanes of at least 4 members (excludes halogenated alkanes) is 24. The first-order chi connectivity index (χ1) is 25.7. The molecule has 0 fully saturated rings. The second-order valence-corrected chi connectivity index (χ2v) is 15.1. The SMILES string of the molecule is CCCCCCCCC=CCCCCCCCCOCC(CNC(=O)OCC(CC)NCC)OCCCCCCCCC=CCCCCCCCC. The Hall–Kier alpha value is -1.37. The Bertz CT molecular complexity index is 759. The molecule has 2 unspecified atom stereocenters. The largest absolute Gasteiger partial charge is 0.448 e. The molecule has 308 valence electrons. The van der Waals surface area contributed by atoms with Crippen molar-refractivity contribution in [3.63, 3.8) is 0 Å². The summed E-state index contributed by atoms with van der Waals surface area (Å²) in [5.41, 5.74) is 0. The quantitative estimate of drug-likeness (QED) is 0.0483. The average molecular weight is 735 g/mol. The van der Waals surface area contributed by atoms with Gasteiger partial charge in [0.25, 0.3) is 0 Å². The van der Waals surface area contributed by atoms with Crippen molar-refractivity contribution in [2.24, 2.45) is 0 Å². The van der Waals surface area contributed by atoms with Crippen LogP contribution in [-0.2, 0) is 14.2 Å². The number of carbonyl (C=O) groups excluding carboxylic acids is 1. The van der Waals surface area contributed by atoms with Crippen LogP contribution in [0.5, 0.6) is 0 Å². The fourth-order valence-corrected chi connectivity index (χ4v) is 6.47. The van der Waals surface area contributed by atoms with Crippen molar-refractivity contribution in [1.82, 2.24) is 10.6 Å². The molecular weight excluding hydrogens is 645 g/mol. The highest BCUT2D eigenvalue weighted by Gasteiger charge is 2.14. The van der Waals surface area contributed by atoms with E-state index in [0.717, 1.165) is 32.4 Å². The maximum Gasteiger partial charge on any atom is 0.407 e. The number of alkyl carbamates (subject to hydrolysis) is 1. The second kappa shape index (κ2) is 44.0. The predicted octanol–water partition coefficient (Wildman–Crippen LogP) is 13.6. The molecule has 1 amide bonds. The molecular formula is C46H90N2O4. The highest BCUT2D eigenvalue weighted by molar-refractivity contribution is 5.67. The highest BCUT2D eigenvalue weighted by atomic mass is 16.6. The minimum absolute atomic E-state index is 0.152. The average Bonchev–Trinajstić information content (AvgIpc) is 3.15. The van der Waals surface area contributed by atoms with E-state index in [1.54, 1.807) is 0 Å². The third kappa shape index (κ3) is 39.8. The van der Waals surface area contributed by atoms with Crippen molar-refractivity contribution in [3.8, 4) is 0 Å². The number of likely N-dealkylation sites (N-methyl/N-ethyl adjacent to an activating group) is 1. The molecule has 52 heavy (non-hydrogen) atoms. The van der Waals surface area contributed by atoms with Gasteiger partial charge in [-0.2, -0.15) is 0 Å². The van der Waals surface area contributed by atoms with Gasteiger partial charge < -0.3 is 24.8 Å². The standard InChI is InChI=1S/C46H90N2O4/c1-5-9-11-13-15-17-19-21-23-25-27-29-31-33-35-37-39-50-43-45(41-48-46(49)52-42-44(7-3)47-8-4)51-40-38-36-34-32-30-28-26-24-22-20-18-16-14-12-10-6-2/h21-24,44-45,47H,5-20,25-43H2,1-4H3,(H,48,49). The lowest BCUT2D eigenvalue weighted by Crippen LogP contribution is -2.39.